The van der Waals surface area contributed by atoms with Gasteiger partial charge in [-0.3, -0.25) is 4.79 Å². The third-order valence-corrected chi connectivity index (χ3v) is 6.30. The predicted molar refractivity (Wildman–Crippen MR) is 116 cm³/mol. The van der Waals surface area contributed by atoms with E-state index >= 15 is 0 Å². The second kappa shape index (κ2) is 6.95. The number of amidine groups is 1. The number of aromatic nitrogens is 1. The normalized spacial score (nSPS) is 17.5. The summed E-state index contributed by atoms with van der Waals surface area (Å²) in [5.74, 6) is 0.439. The summed E-state index contributed by atoms with van der Waals surface area (Å²) in [4.78, 5) is 21.0. The number of aliphatic imine (C=N–C) groups is 1. The van der Waals surface area contributed by atoms with Gasteiger partial charge in [0, 0.05) is 40.9 Å². The van der Waals surface area contributed by atoms with Gasteiger partial charge in [-0.2, -0.15) is 5.10 Å². The van der Waals surface area contributed by atoms with E-state index in [2.05, 4.69) is 29.1 Å². The molecule has 1 N–H and O–H groups in total. The summed E-state index contributed by atoms with van der Waals surface area (Å²) >= 11 is 1.46. The molecule has 0 radical (unpaired) electrons. The van der Waals surface area contributed by atoms with Crippen molar-refractivity contribution in [1.29, 1.82) is 0 Å². The van der Waals surface area contributed by atoms with Gasteiger partial charge < -0.3 is 4.98 Å². The molecule has 5 rings (SSSR count). The Hall–Kier alpha value is -2.86. The van der Waals surface area contributed by atoms with Crippen LogP contribution in [0.25, 0.3) is 10.9 Å². The van der Waals surface area contributed by atoms with Crippen LogP contribution in [-0.2, 0) is 6.42 Å². The minimum absolute atomic E-state index is 0.103. The number of aryl methyl sites for hydroxylation is 1. The fourth-order valence-corrected chi connectivity index (χ4v) is 4.82. The van der Waals surface area contributed by atoms with Crippen LogP contribution in [0.15, 0.2) is 58.8 Å². The molecule has 0 amide bonds. The molecule has 28 heavy (non-hydrogen) atoms. The van der Waals surface area contributed by atoms with E-state index in [1.165, 1.54) is 22.9 Å². The molecule has 3 aromatic rings. The number of para-hydroxylation sites is 2. The van der Waals surface area contributed by atoms with Gasteiger partial charge in [-0.15, -0.1) is 0 Å². The number of hydrazone groups is 1. The average molecular weight is 388 g/mol. The van der Waals surface area contributed by atoms with Gasteiger partial charge >= 0.3 is 0 Å². The van der Waals surface area contributed by atoms with Gasteiger partial charge in [-0.1, -0.05) is 55.1 Å². The average Bonchev–Trinajstić information content (AvgIpc) is 3.39. The molecule has 0 saturated carbocycles. The van der Waals surface area contributed by atoms with E-state index in [1.807, 2.05) is 47.8 Å². The molecular formula is C22H20N4OS. The number of nitrogens with zero attached hydrogens (tertiary/aromatic N) is 3. The minimum Gasteiger partial charge on any atom is -0.360 e. The Morgan fingerprint density at radius 2 is 2.14 bits per heavy atom. The number of ketones is 1. The van der Waals surface area contributed by atoms with Crippen molar-refractivity contribution in [3.63, 3.8) is 0 Å². The van der Waals surface area contributed by atoms with E-state index in [0.717, 1.165) is 40.2 Å². The second-order valence-corrected chi connectivity index (χ2v) is 7.90. The molecule has 1 atom stereocenters. The highest BCUT2D eigenvalue weighted by Gasteiger charge is 2.32. The van der Waals surface area contributed by atoms with E-state index < -0.39 is 0 Å². The molecule has 6 heteroatoms. The third kappa shape index (κ3) is 2.76. The van der Waals surface area contributed by atoms with E-state index in [4.69, 9.17) is 4.99 Å². The molecule has 0 aliphatic carbocycles. The van der Waals surface area contributed by atoms with Crippen molar-refractivity contribution in [2.45, 2.75) is 25.8 Å². The molecule has 5 nitrogen and oxygen atoms in total. The molecule has 0 saturated heterocycles. The van der Waals surface area contributed by atoms with Crippen LogP contribution in [0.2, 0.25) is 0 Å². The van der Waals surface area contributed by atoms with Gasteiger partial charge in [0.1, 0.15) is 0 Å². The van der Waals surface area contributed by atoms with E-state index in [9.17, 15) is 4.79 Å². The summed E-state index contributed by atoms with van der Waals surface area (Å²) in [5, 5.41) is 8.23. The molecular weight excluding hydrogens is 368 g/mol. The number of H-pyrrole nitrogens is 1. The molecule has 1 aromatic heterocycles. The van der Waals surface area contributed by atoms with E-state index in [1.54, 1.807) is 0 Å². The number of hydrogen-bond acceptors (Lipinski definition) is 5. The molecule has 0 fully saturated rings. The lowest BCUT2D eigenvalue weighted by Gasteiger charge is -2.29. The number of nitrogens with one attached hydrogen (secondary N) is 1. The Morgan fingerprint density at radius 1 is 1.25 bits per heavy atom. The highest BCUT2D eigenvalue weighted by Crippen LogP contribution is 2.41. The molecule has 2 aromatic carbocycles. The van der Waals surface area contributed by atoms with Crippen LogP contribution < -0.4 is 0 Å². The van der Waals surface area contributed by atoms with Crippen LogP contribution in [0.4, 0.5) is 5.69 Å². The SMILES string of the molecule is CCc1cccc2c(C(=O)CSC3=Nc4ccccc4[C@H]4CC=NN34)c[nH]c12. The van der Waals surface area contributed by atoms with Gasteiger partial charge in [0.15, 0.2) is 11.0 Å². The van der Waals surface area contributed by atoms with E-state index in [0.29, 0.717) is 5.75 Å². The predicted octanol–water partition coefficient (Wildman–Crippen LogP) is 5.08. The number of fused-ring (bicyclic) bond motifs is 4. The number of rotatable bonds is 4. The summed E-state index contributed by atoms with van der Waals surface area (Å²) in [6, 6.07) is 14.5. The number of benzene rings is 2. The smallest absolute Gasteiger partial charge is 0.186 e. The zero-order valence-corrected chi connectivity index (χ0v) is 16.4. The van der Waals surface area contributed by atoms with Crippen molar-refractivity contribution in [2.24, 2.45) is 10.1 Å². The first-order valence-corrected chi connectivity index (χ1v) is 10.5. The summed E-state index contributed by atoms with van der Waals surface area (Å²) in [5.41, 5.74) is 5.21. The maximum Gasteiger partial charge on any atom is 0.186 e. The fourth-order valence-electron chi connectivity index (χ4n) is 3.93. The summed E-state index contributed by atoms with van der Waals surface area (Å²) in [7, 11) is 0. The Labute approximate surface area is 167 Å². The number of Topliss-reactive ketones (excluding diaryl/α,β-unsaturated/α-hetero) is 1. The van der Waals surface area contributed by atoms with Gasteiger partial charge in [-0.25, -0.2) is 10.0 Å². The highest BCUT2D eigenvalue weighted by atomic mass is 32.2. The van der Waals surface area contributed by atoms with Crippen molar-refractivity contribution in [2.75, 3.05) is 5.75 Å². The summed E-state index contributed by atoms with van der Waals surface area (Å²) in [6.45, 7) is 2.12. The molecule has 140 valence electrons. The van der Waals surface area contributed by atoms with Gasteiger partial charge in [0.05, 0.1) is 17.5 Å². The van der Waals surface area contributed by atoms with Gasteiger partial charge in [-0.05, 0) is 18.1 Å². The standard InChI is InChI=1S/C22H20N4OS/c1-2-14-6-5-8-15-17(12-23-21(14)15)20(27)13-28-22-25-18-9-4-3-7-16(18)19-10-11-24-26(19)22/h3-9,11-12,19,23H,2,10,13H2,1H3/t19-/m1/s1. The number of carbonyl (C=O) groups excluding carboxylic acids is 1. The van der Waals surface area contributed by atoms with Crippen molar-refractivity contribution in [3.8, 4) is 0 Å². The maximum absolute atomic E-state index is 12.9. The highest BCUT2D eigenvalue weighted by molar-refractivity contribution is 8.14. The number of thioether (sulfide) groups is 1. The number of aromatic amines is 1. The molecule has 0 unspecified atom stereocenters. The van der Waals surface area contributed by atoms with Gasteiger partial charge in [0.25, 0.3) is 0 Å². The van der Waals surface area contributed by atoms with Crippen molar-refractivity contribution >= 4 is 45.5 Å². The van der Waals surface area contributed by atoms with Crippen molar-refractivity contribution in [3.05, 3.63) is 65.4 Å². The molecule has 0 bridgehead atoms. The third-order valence-electron chi connectivity index (χ3n) is 5.35. The van der Waals surface area contributed by atoms with Crippen LogP contribution in [0.5, 0.6) is 0 Å². The second-order valence-electron chi connectivity index (χ2n) is 6.95. The largest absolute Gasteiger partial charge is 0.360 e. The quantitative estimate of drug-likeness (QED) is 0.634. The van der Waals surface area contributed by atoms with Gasteiger partial charge in [0.2, 0.25) is 0 Å². The summed E-state index contributed by atoms with van der Waals surface area (Å²) < 4.78 is 0. The molecule has 2 aliphatic rings. The minimum atomic E-state index is 0.103. The summed E-state index contributed by atoms with van der Waals surface area (Å²) in [6.07, 6.45) is 5.57. The Balaban J connectivity index is 1.40. The van der Waals surface area contributed by atoms with Crippen LogP contribution in [-0.4, -0.2) is 32.9 Å². The first kappa shape index (κ1) is 17.3. The number of carbonyl (C=O) groups is 1. The first-order chi connectivity index (χ1) is 13.8. The lowest BCUT2D eigenvalue weighted by Crippen LogP contribution is -2.28. The fraction of sp³-hybridized carbons (Fsp3) is 0.227. The zero-order valence-electron chi connectivity index (χ0n) is 15.6. The van der Waals surface area contributed by atoms with Crippen LogP contribution in [0.3, 0.4) is 0 Å². The topological polar surface area (TPSA) is 60.8 Å². The zero-order chi connectivity index (χ0) is 19.1. The van der Waals surface area contributed by atoms with Crippen molar-refractivity contribution < 1.29 is 4.79 Å². The van der Waals surface area contributed by atoms with Crippen molar-refractivity contribution in [1.82, 2.24) is 9.99 Å². The lowest BCUT2D eigenvalue weighted by atomic mass is 10.0. The Kier molecular flexibility index (Phi) is 4.28. The molecule has 2 aliphatic heterocycles. The Bertz CT molecular complexity index is 1130. The molecule has 3 heterocycles. The first-order valence-electron chi connectivity index (χ1n) is 9.50. The van der Waals surface area contributed by atoms with Crippen LogP contribution in [0, 0.1) is 0 Å². The molecule has 0 spiro atoms. The Morgan fingerprint density at radius 3 is 3.04 bits per heavy atom. The number of hydrogen-bond donors (Lipinski definition) is 1. The lowest BCUT2D eigenvalue weighted by molar-refractivity contribution is 0.102. The van der Waals surface area contributed by atoms with Crippen LogP contribution >= 0.6 is 11.8 Å². The maximum atomic E-state index is 12.9. The van der Waals surface area contributed by atoms with Crippen LogP contribution in [0.1, 0.15) is 40.9 Å². The monoisotopic (exact) mass is 388 g/mol. The van der Waals surface area contributed by atoms with E-state index in [-0.39, 0.29) is 11.8 Å².